The van der Waals surface area contributed by atoms with Gasteiger partial charge in [-0.3, -0.25) is 0 Å². The highest BCUT2D eigenvalue weighted by atomic mass is 35.5. The molecule has 6 heteroatoms. The number of nitrogens with one attached hydrogen (secondary N) is 1. The van der Waals surface area contributed by atoms with Gasteiger partial charge < -0.3 is 16.2 Å². The van der Waals surface area contributed by atoms with Gasteiger partial charge in [-0.05, 0) is 41.8 Å². The predicted molar refractivity (Wildman–Crippen MR) is 87.2 cm³/mol. The fourth-order valence-electron chi connectivity index (χ4n) is 2.30. The second-order valence-corrected chi connectivity index (χ2v) is 5.91. The normalized spacial score (nSPS) is 13.8. The minimum absolute atomic E-state index is 0.189. The van der Waals surface area contributed by atoms with Crippen molar-refractivity contribution >= 4 is 11.6 Å². The van der Waals surface area contributed by atoms with Gasteiger partial charge in [0, 0.05) is 30.2 Å². The van der Waals surface area contributed by atoms with Crippen molar-refractivity contribution in [3.05, 3.63) is 70.2 Å². The molecule has 0 saturated heterocycles. The molecule has 0 radical (unpaired) electrons. The second kappa shape index (κ2) is 8.36. The molecule has 0 heterocycles. The van der Waals surface area contributed by atoms with Crippen LogP contribution in [0.3, 0.4) is 0 Å². The summed E-state index contributed by atoms with van der Waals surface area (Å²) in [6.45, 7) is 0.810. The van der Waals surface area contributed by atoms with E-state index in [9.17, 15) is 13.9 Å². The first-order valence-electron chi connectivity index (χ1n) is 7.28. The molecular weight excluding hydrogens is 322 g/mol. The molecule has 3 nitrogen and oxygen atoms in total. The highest BCUT2D eigenvalue weighted by molar-refractivity contribution is 6.30. The van der Waals surface area contributed by atoms with E-state index < -0.39 is 23.8 Å². The maximum atomic E-state index is 13.1. The summed E-state index contributed by atoms with van der Waals surface area (Å²) in [5.41, 5.74) is 7.31. The number of rotatable bonds is 7. The quantitative estimate of drug-likeness (QED) is 0.726. The van der Waals surface area contributed by atoms with Crippen molar-refractivity contribution in [3.63, 3.8) is 0 Å². The zero-order valence-electron chi connectivity index (χ0n) is 12.5. The molecule has 0 fully saturated rings. The Morgan fingerprint density at radius 1 is 1.09 bits per heavy atom. The molecular formula is C17H19ClF2N2O. The Morgan fingerprint density at radius 2 is 1.78 bits per heavy atom. The lowest BCUT2D eigenvalue weighted by Crippen LogP contribution is -2.43. The van der Waals surface area contributed by atoms with Crippen LogP contribution in [-0.2, 0) is 13.0 Å². The molecule has 0 aliphatic rings. The van der Waals surface area contributed by atoms with Crippen LogP contribution in [0.5, 0.6) is 0 Å². The standard InChI is InChI=1S/C17H19ClF2N2O/c18-13-3-1-2-11(4-13)9-22-10-17(23)16(21)7-12-5-14(19)8-15(20)6-12/h1-6,8,16-17,22-23H,7,9-10,21H2/t16-,17+/m0/s1. The first-order valence-corrected chi connectivity index (χ1v) is 7.65. The van der Waals surface area contributed by atoms with Crippen LogP contribution < -0.4 is 11.1 Å². The van der Waals surface area contributed by atoms with Crippen LogP contribution in [0.4, 0.5) is 8.78 Å². The molecule has 0 unspecified atom stereocenters. The van der Waals surface area contributed by atoms with Gasteiger partial charge >= 0.3 is 0 Å². The van der Waals surface area contributed by atoms with E-state index in [1.54, 1.807) is 6.07 Å². The molecule has 2 atom stereocenters. The van der Waals surface area contributed by atoms with Gasteiger partial charge in [0.25, 0.3) is 0 Å². The van der Waals surface area contributed by atoms with Crippen LogP contribution in [0, 0.1) is 11.6 Å². The summed E-state index contributed by atoms with van der Waals surface area (Å²) in [6, 6.07) is 10.00. The van der Waals surface area contributed by atoms with Crippen molar-refractivity contribution in [1.29, 1.82) is 0 Å². The molecule has 0 amide bonds. The summed E-state index contributed by atoms with van der Waals surface area (Å²) in [5, 5.41) is 13.8. The van der Waals surface area contributed by atoms with Crippen molar-refractivity contribution in [2.45, 2.75) is 25.1 Å². The number of nitrogens with two attached hydrogens (primary N) is 1. The first-order chi connectivity index (χ1) is 10.9. The zero-order valence-corrected chi connectivity index (χ0v) is 13.2. The summed E-state index contributed by atoms with van der Waals surface area (Å²) < 4.78 is 26.3. The fraction of sp³-hybridized carbons (Fsp3) is 0.294. The summed E-state index contributed by atoms with van der Waals surface area (Å²) in [7, 11) is 0. The zero-order chi connectivity index (χ0) is 16.8. The highest BCUT2D eigenvalue weighted by Crippen LogP contribution is 2.12. The smallest absolute Gasteiger partial charge is 0.126 e. The topological polar surface area (TPSA) is 58.3 Å². The van der Waals surface area contributed by atoms with Gasteiger partial charge in [0.2, 0.25) is 0 Å². The average Bonchev–Trinajstić information content (AvgIpc) is 2.46. The third kappa shape index (κ3) is 5.88. The van der Waals surface area contributed by atoms with Crippen molar-refractivity contribution < 1.29 is 13.9 Å². The minimum Gasteiger partial charge on any atom is -0.390 e. The minimum atomic E-state index is -0.833. The molecule has 0 aliphatic heterocycles. The van der Waals surface area contributed by atoms with Crippen LogP contribution in [0.1, 0.15) is 11.1 Å². The molecule has 124 valence electrons. The number of aliphatic hydroxyl groups is 1. The molecule has 4 N–H and O–H groups in total. The third-order valence-electron chi connectivity index (χ3n) is 3.46. The van der Waals surface area contributed by atoms with Crippen LogP contribution in [0.15, 0.2) is 42.5 Å². The Labute approximate surface area is 139 Å². The summed E-state index contributed by atoms with van der Waals surface area (Å²) in [6.07, 6.45) is -0.644. The van der Waals surface area contributed by atoms with Crippen molar-refractivity contribution in [2.24, 2.45) is 5.73 Å². The summed E-state index contributed by atoms with van der Waals surface area (Å²) in [4.78, 5) is 0. The van der Waals surface area contributed by atoms with E-state index in [0.717, 1.165) is 11.6 Å². The number of halogens is 3. The highest BCUT2D eigenvalue weighted by Gasteiger charge is 2.16. The van der Waals surface area contributed by atoms with Crippen molar-refractivity contribution in [3.8, 4) is 0 Å². The summed E-state index contributed by atoms with van der Waals surface area (Å²) >= 11 is 5.89. The maximum Gasteiger partial charge on any atom is 0.126 e. The van der Waals surface area contributed by atoms with Crippen molar-refractivity contribution in [1.82, 2.24) is 5.32 Å². The lowest BCUT2D eigenvalue weighted by atomic mass is 10.0. The average molecular weight is 341 g/mol. The van der Waals surface area contributed by atoms with E-state index in [4.69, 9.17) is 17.3 Å². The molecule has 23 heavy (non-hydrogen) atoms. The van der Waals surface area contributed by atoms with E-state index >= 15 is 0 Å². The maximum absolute atomic E-state index is 13.1. The van der Waals surface area contributed by atoms with E-state index in [0.29, 0.717) is 17.1 Å². The molecule has 0 aliphatic carbocycles. The SMILES string of the molecule is N[C@@H](Cc1cc(F)cc(F)c1)[C@H](O)CNCc1cccc(Cl)c1. The Bertz CT molecular complexity index is 634. The van der Waals surface area contributed by atoms with Crippen LogP contribution in [-0.4, -0.2) is 23.8 Å². The second-order valence-electron chi connectivity index (χ2n) is 5.47. The van der Waals surface area contributed by atoms with E-state index in [2.05, 4.69) is 5.32 Å². The van der Waals surface area contributed by atoms with Gasteiger partial charge in [-0.2, -0.15) is 0 Å². The van der Waals surface area contributed by atoms with Gasteiger partial charge in [0.15, 0.2) is 0 Å². The molecule has 0 spiro atoms. The van der Waals surface area contributed by atoms with Gasteiger partial charge in [0.05, 0.1) is 6.10 Å². The van der Waals surface area contributed by atoms with Crippen LogP contribution in [0.25, 0.3) is 0 Å². The number of benzene rings is 2. The van der Waals surface area contributed by atoms with Gasteiger partial charge in [-0.15, -0.1) is 0 Å². The van der Waals surface area contributed by atoms with Crippen LogP contribution >= 0.6 is 11.6 Å². The molecule has 2 aromatic rings. The fourth-order valence-corrected chi connectivity index (χ4v) is 2.51. The van der Waals surface area contributed by atoms with Crippen molar-refractivity contribution in [2.75, 3.05) is 6.54 Å². The van der Waals surface area contributed by atoms with Gasteiger partial charge in [-0.1, -0.05) is 23.7 Å². The number of hydrogen-bond donors (Lipinski definition) is 3. The molecule has 0 bridgehead atoms. The summed E-state index contributed by atoms with van der Waals surface area (Å²) in [5.74, 6) is -1.30. The Morgan fingerprint density at radius 3 is 2.43 bits per heavy atom. The number of hydrogen-bond acceptors (Lipinski definition) is 3. The monoisotopic (exact) mass is 340 g/mol. The molecule has 2 rings (SSSR count). The van der Waals surface area contributed by atoms with E-state index in [1.807, 2.05) is 18.2 Å². The Kier molecular flexibility index (Phi) is 6.47. The van der Waals surface area contributed by atoms with E-state index in [-0.39, 0.29) is 13.0 Å². The lowest BCUT2D eigenvalue weighted by Gasteiger charge is -2.19. The van der Waals surface area contributed by atoms with Crippen LogP contribution in [0.2, 0.25) is 5.02 Å². The van der Waals surface area contributed by atoms with Gasteiger partial charge in [-0.25, -0.2) is 8.78 Å². The van der Waals surface area contributed by atoms with E-state index in [1.165, 1.54) is 12.1 Å². The third-order valence-corrected chi connectivity index (χ3v) is 3.69. The molecule has 2 aromatic carbocycles. The van der Waals surface area contributed by atoms with Gasteiger partial charge in [0.1, 0.15) is 11.6 Å². The molecule has 0 aromatic heterocycles. The first kappa shape index (κ1) is 17.8. The Hall–Kier alpha value is -1.53. The molecule has 0 saturated carbocycles. The Balaban J connectivity index is 1.81. The lowest BCUT2D eigenvalue weighted by molar-refractivity contribution is 0.141. The number of aliphatic hydroxyl groups excluding tert-OH is 1. The largest absolute Gasteiger partial charge is 0.390 e. The predicted octanol–water partition coefficient (Wildman–Crippen LogP) is 2.64.